The van der Waals surface area contributed by atoms with Crippen LogP contribution < -0.4 is 5.32 Å². The van der Waals surface area contributed by atoms with Gasteiger partial charge in [-0.05, 0) is 62.4 Å². The van der Waals surface area contributed by atoms with Crippen LogP contribution >= 0.6 is 11.6 Å². The number of hydrogen-bond acceptors (Lipinski definition) is 2. The van der Waals surface area contributed by atoms with Crippen LogP contribution in [-0.2, 0) is 6.54 Å². The van der Waals surface area contributed by atoms with Crippen molar-refractivity contribution < 1.29 is 0 Å². The lowest BCUT2D eigenvalue weighted by Crippen LogP contribution is -2.44. The molecule has 3 heteroatoms. The number of nitrogens with zero attached hydrogens (tertiary/aromatic N) is 1. The molecule has 1 aliphatic heterocycles. The number of halogens is 1. The Morgan fingerprint density at radius 2 is 2.10 bits per heavy atom. The molecule has 1 heterocycles. The molecule has 0 amide bonds. The van der Waals surface area contributed by atoms with Crippen LogP contribution in [0.1, 0.15) is 43.2 Å². The topological polar surface area (TPSA) is 15.3 Å². The zero-order chi connectivity index (χ0) is 13.9. The molecule has 0 bridgehead atoms. The fourth-order valence-electron chi connectivity index (χ4n) is 3.20. The van der Waals surface area contributed by atoms with Crippen molar-refractivity contribution in [1.29, 1.82) is 0 Å². The predicted octanol–water partition coefficient (Wildman–Crippen LogP) is 3.75. The first-order valence-electron chi connectivity index (χ1n) is 7.95. The third kappa shape index (κ3) is 3.75. The van der Waals surface area contributed by atoms with E-state index in [0.717, 1.165) is 17.6 Å². The quantitative estimate of drug-likeness (QED) is 0.889. The summed E-state index contributed by atoms with van der Waals surface area (Å²) in [6.07, 6.45) is 6.81. The van der Waals surface area contributed by atoms with Crippen molar-refractivity contribution >= 4 is 11.6 Å². The normalized spacial score (nSPS) is 23.2. The van der Waals surface area contributed by atoms with Gasteiger partial charge in [-0.2, -0.15) is 0 Å². The first kappa shape index (κ1) is 14.4. The molecule has 0 radical (unpaired) electrons. The number of aryl methyl sites for hydroxylation is 1. The van der Waals surface area contributed by atoms with Gasteiger partial charge in [-0.25, -0.2) is 0 Å². The molecule has 1 saturated heterocycles. The highest BCUT2D eigenvalue weighted by atomic mass is 35.5. The molecule has 1 unspecified atom stereocenters. The van der Waals surface area contributed by atoms with Crippen LogP contribution in [0.25, 0.3) is 0 Å². The second-order valence-electron chi connectivity index (χ2n) is 6.38. The number of hydrogen-bond donors (Lipinski definition) is 1. The molecule has 1 aromatic rings. The molecule has 110 valence electrons. The second kappa shape index (κ2) is 6.46. The van der Waals surface area contributed by atoms with Crippen molar-refractivity contribution in [2.75, 3.05) is 13.1 Å². The van der Waals surface area contributed by atoms with Gasteiger partial charge in [-0.15, -0.1) is 0 Å². The molecule has 3 rings (SSSR count). The summed E-state index contributed by atoms with van der Waals surface area (Å²) in [5, 5.41) is 4.52. The maximum absolute atomic E-state index is 6.06. The van der Waals surface area contributed by atoms with E-state index < -0.39 is 0 Å². The number of piperidine rings is 1. The summed E-state index contributed by atoms with van der Waals surface area (Å²) in [7, 11) is 0. The van der Waals surface area contributed by atoms with Gasteiger partial charge in [0.15, 0.2) is 0 Å². The lowest BCUT2D eigenvalue weighted by Gasteiger charge is -2.31. The Labute approximate surface area is 127 Å². The maximum Gasteiger partial charge on any atom is 0.0408 e. The molecule has 0 spiro atoms. The standard InChI is InChI=1S/C17H25ClN2/c1-13-10-15(18)6-5-14(13)11-20(17-7-8-17)12-16-4-2-3-9-19-16/h5-6,10,16-17,19H,2-4,7-9,11-12H2,1H3. The van der Waals surface area contributed by atoms with Crippen LogP contribution in [0.3, 0.4) is 0 Å². The summed E-state index contributed by atoms with van der Waals surface area (Å²) >= 11 is 6.06. The fourth-order valence-corrected chi connectivity index (χ4v) is 3.43. The van der Waals surface area contributed by atoms with E-state index in [-0.39, 0.29) is 0 Å². The highest BCUT2D eigenvalue weighted by Crippen LogP contribution is 2.30. The number of benzene rings is 1. The molecule has 2 fully saturated rings. The van der Waals surface area contributed by atoms with Crippen molar-refractivity contribution in [3.8, 4) is 0 Å². The average molecular weight is 293 g/mol. The van der Waals surface area contributed by atoms with Gasteiger partial charge < -0.3 is 5.32 Å². The molecule has 1 saturated carbocycles. The molecule has 0 aromatic heterocycles. The van der Waals surface area contributed by atoms with Gasteiger partial charge >= 0.3 is 0 Å². The van der Waals surface area contributed by atoms with Gasteiger partial charge in [0.1, 0.15) is 0 Å². The smallest absolute Gasteiger partial charge is 0.0408 e. The third-order valence-electron chi connectivity index (χ3n) is 4.61. The molecule has 1 N–H and O–H groups in total. The van der Waals surface area contributed by atoms with E-state index in [4.69, 9.17) is 11.6 Å². The molecule has 1 aliphatic carbocycles. The van der Waals surface area contributed by atoms with E-state index in [9.17, 15) is 0 Å². The Morgan fingerprint density at radius 3 is 2.75 bits per heavy atom. The van der Waals surface area contributed by atoms with E-state index in [1.807, 2.05) is 6.07 Å². The van der Waals surface area contributed by atoms with E-state index >= 15 is 0 Å². The first-order chi connectivity index (χ1) is 9.72. The van der Waals surface area contributed by atoms with E-state index in [2.05, 4.69) is 29.3 Å². The minimum Gasteiger partial charge on any atom is -0.313 e. The largest absolute Gasteiger partial charge is 0.313 e. The lowest BCUT2D eigenvalue weighted by molar-refractivity contribution is 0.208. The Morgan fingerprint density at radius 1 is 1.25 bits per heavy atom. The molecule has 1 atom stereocenters. The van der Waals surface area contributed by atoms with Crippen LogP contribution in [-0.4, -0.2) is 30.1 Å². The van der Waals surface area contributed by atoms with E-state index in [1.165, 1.54) is 56.3 Å². The van der Waals surface area contributed by atoms with Crippen LogP contribution in [0.15, 0.2) is 18.2 Å². The summed E-state index contributed by atoms with van der Waals surface area (Å²) in [6.45, 7) is 5.65. The second-order valence-corrected chi connectivity index (χ2v) is 6.81. The van der Waals surface area contributed by atoms with Crippen molar-refractivity contribution in [2.45, 2.75) is 57.7 Å². The highest BCUT2D eigenvalue weighted by molar-refractivity contribution is 6.30. The van der Waals surface area contributed by atoms with Crippen LogP contribution in [0.4, 0.5) is 0 Å². The van der Waals surface area contributed by atoms with Gasteiger partial charge in [0.05, 0.1) is 0 Å². The minimum absolute atomic E-state index is 0.692. The van der Waals surface area contributed by atoms with Crippen molar-refractivity contribution in [3.05, 3.63) is 34.3 Å². The van der Waals surface area contributed by atoms with Crippen molar-refractivity contribution in [3.63, 3.8) is 0 Å². The molecule has 2 nitrogen and oxygen atoms in total. The Bertz CT molecular complexity index is 450. The van der Waals surface area contributed by atoms with Gasteiger partial charge in [0.25, 0.3) is 0 Å². The maximum atomic E-state index is 6.06. The Hall–Kier alpha value is -0.570. The summed E-state index contributed by atoms with van der Waals surface area (Å²) in [6, 6.07) is 7.81. The first-order valence-corrected chi connectivity index (χ1v) is 8.32. The zero-order valence-electron chi connectivity index (χ0n) is 12.4. The molecule has 1 aromatic carbocycles. The van der Waals surface area contributed by atoms with E-state index in [0.29, 0.717) is 6.04 Å². The highest BCUT2D eigenvalue weighted by Gasteiger charge is 2.31. The lowest BCUT2D eigenvalue weighted by atomic mass is 10.0. The summed E-state index contributed by atoms with van der Waals surface area (Å²) < 4.78 is 0. The fraction of sp³-hybridized carbons (Fsp3) is 0.647. The Kier molecular flexibility index (Phi) is 4.65. The monoisotopic (exact) mass is 292 g/mol. The van der Waals surface area contributed by atoms with Gasteiger partial charge in [0, 0.05) is 30.2 Å². The van der Waals surface area contributed by atoms with Crippen molar-refractivity contribution in [2.24, 2.45) is 0 Å². The van der Waals surface area contributed by atoms with E-state index in [1.54, 1.807) is 0 Å². The predicted molar refractivity (Wildman–Crippen MR) is 85.3 cm³/mol. The van der Waals surface area contributed by atoms with Crippen LogP contribution in [0, 0.1) is 6.92 Å². The SMILES string of the molecule is Cc1cc(Cl)ccc1CN(CC1CCCCN1)C1CC1. The summed E-state index contributed by atoms with van der Waals surface area (Å²) in [5.74, 6) is 0. The Balaban J connectivity index is 1.64. The van der Waals surface area contributed by atoms with Crippen LogP contribution in [0.2, 0.25) is 5.02 Å². The average Bonchev–Trinajstić information content (AvgIpc) is 3.26. The number of nitrogens with one attached hydrogen (secondary N) is 1. The summed E-state index contributed by atoms with van der Waals surface area (Å²) in [4.78, 5) is 2.68. The van der Waals surface area contributed by atoms with Gasteiger partial charge in [0.2, 0.25) is 0 Å². The minimum atomic E-state index is 0.692. The van der Waals surface area contributed by atoms with Gasteiger partial charge in [-0.3, -0.25) is 4.90 Å². The molecular formula is C17H25ClN2. The molecule has 2 aliphatic rings. The van der Waals surface area contributed by atoms with Crippen molar-refractivity contribution in [1.82, 2.24) is 10.2 Å². The summed E-state index contributed by atoms with van der Waals surface area (Å²) in [5.41, 5.74) is 2.75. The third-order valence-corrected chi connectivity index (χ3v) is 4.84. The van der Waals surface area contributed by atoms with Gasteiger partial charge in [-0.1, -0.05) is 24.1 Å². The molecular weight excluding hydrogens is 268 g/mol. The zero-order valence-corrected chi connectivity index (χ0v) is 13.1. The molecule has 20 heavy (non-hydrogen) atoms. The number of rotatable bonds is 5. The van der Waals surface area contributed by atoms with Crippen LogP contribution in [0.5, 0.6) is 0 Å².